The van der Waals surface area contributed by atoms with Crippen LogP contribution >= 0.6 is 0 Å². The second kappa shape index (κ2) is 7.70. The second-order valence-corrected chi connectivity index (χ2v) is 4.93. The summed E-state index contributed by atoms with van der Waals surface area (Å²) in [7, 11) is 0. The van der Waals surface area contributed by atoms with Crippen molar-refractivity contribution >= 4 is 23.1 Å². The summed E-state index contributed by atoms with van der Waals surface area (Å²) in [5.74, 6) is -0.535. The molecule has 0 aliphatic carbocycles. The molecule has 2 atom stereocenters. The average molecular weight is 284 g/mol. The maximum atomic E-state index is 11.5. The Morgan fingerprint density at radius 3 is 2.58 bits per heavy atom. The fourth-order valence-electron chi connectivity index (χ4n) is 1.36. The van der Waals surface area contributed by atoms with E-state index in [1.165, 1.54) is 24.3 Å². The van der Waals surface area contributed by atoms with E-state index in [2.05, 4.69) is 0 Å². The third-order valence-electron chi connectivity index (χ3n) is 2.30. The van der Waals surface area contributed by atoms with Gasteiger partial charge in [0.2, 0.25) is 5.44 Å². The van der Waals surface area contributed by atoms with Crippen molar-refractivity contribution < 1.29 is 23.4 Å². The summed E-state index contributed by atoms with van der Waals surface area (Å²) >= 11 is -2.18. The molecule has 19 heavy (non-hydrogen) atoms. The van der Waals surface area contributed by atoms with Gasteiger partial charge in [-0.1, -0.05) is 25.5 Å². The number of carbonyl (C=O) groups excluding carboxylic acids is 1. The number of hydrogen-bond donors (Lipinski definition) is 2. The van der Waals surface area contributed by atoms with E-state index in [4.69, 9.17) is 14.4 Å². The van der Waals surface area contributed by atoms with Crippen LogP contribution in [0.25, 0.3) is 6.08 Å². The lowest BCUT2D eigenvalue weighted by atomic mass is 10.2. The topological polar surface area (TPSA) is 83.8 Å². The second-order valence-electron chi connectivity index (χ2n) is 3.86. The highest BCUT2D eigenvalue weighted by Gasteiger charge is 2.17. The zero-order valence-corrected chi connectivity index (χ0v) is 11.3. The molecule has 0 aliphatic rings. The highest BCUT2D eigenvalue weighted by molar-refractivity contribution is 7.79. The van der Waals surface area contributed by atoms with E-state index >= 15 is 0 Å². The van der Waals surface area contributed by atoms with Gasteiger partial charge in [-0.25, -0.2) is 9.00 Å². The minimum Gasteiger partial charge on any atom is -0.508 e. The van der Waals surface area contributed by atoms with Crippen LogP contribution in [0.15, 0.2) is 30.3 Å². The van der Waals surface area contributed by atoms with Crippen LogP contribution in [-0.2, 0) is 20.6 Å². The molecule has 0 aromatic heterocycles. The third kappa shape index (κ3) is 5.67. The van der Waals surface area contributed by atoms with Gasteiger partial charge in [0.1, 0.15) is 5.75 Å². The predicted molar refractivity (Wildman–Crippen MR) is 72.7 cm³/mol. The largest absolute Gasteiger partial charge is 0.508 e. The van der Waals surface area contributed by atoms with E-state index in [0.717, 1.165) is 0 Å². The molecule has 0 amide bonds. The quantitative estimate of drug-likeness (QED) is 0.476. The fourth-order valence-corrected chi connectivity index (χ4v) is 1.97. The molecular weight excluding hydrogens is 268 g/mol. The molecule has 5 nitrogen and oxygen atoms in total. The van der Waals surface area contributed by atoms with Crippen molar-refractivity contribution in [3.05, 3.63) is 35.9 Å². The van der Waals surface area contributed by atoms with Crippen LogP contribution < -0.4 is 0 Å². The molecule has 6 heteroatoms. The first-order valence-electron chi connectivity index (χ1n) is 5.80. The third-order valence-corrected chi connectivity index (χ3v) is 3.08. The van der Waals surface area contributed by atoms with Gasteiger partial charge >= 0.3 is 5.97 Å². The van der Waals surface area contributed by atoms with Crippen LogP contribution in [0.3, 0.4) is 0 Å². The first kappa shape index (κ1) is 15.4. The summed E-state index contributed by atoms with van der Waals surface area (Å²) < 4.78 is 24.7. The van der Waals surface area contributed by atoms with Gasteiger partial charge in [0.15, 0.2) is 11.1 Å². The maximum Gasteiger partial charge on any atom is 0.332 e. The summed E-state index contributed by atoms with van der Waals surface area (Å²) in [4.78, 5) is 11.5. The Morgan fingerprint density at radius 1 is 1.42 bits per heavy atom. The minimum atomic E-state index is -2.18. The minimum absolute atomic E-state index is 0.137. The first-order valence-corrected chi connectivity index (χ1v) is 6.97. The van der Waals surface area contributed by atoms with Gasteiger partial charge in [-0.15, -0.1) is 0 Å². The van der Waals surface area contributed by atoms with Crippen molar-refractivity contribution in [2.24, 2.45) is 0 Å². The Bertz CT molecular complexity index is 466. The molecular formula is C13H16O5S. The number of rotatable bonds is 6. The van der Waals surface area contributed by atoms with Gasteiger partial charge in [0.05, 0.1) is 0 Å². The van der Waals surface area contributed by atoms with Gasteiger partial charge in [0.25, 0.3) is 0 Å². The van der Waals surface area contributed by atoms with Gasteiger partial charge < -0.3 is 14.4 Å². The van der Waals surface area contributed by atoms with Gasteiger partial charge in [-0.3, -0.25) is 0 Å². The number of esters is 1. The summed E-state index contributed by atoms with van der Waals surface area (Å²) in [6.07, 6.45) is 3.67. The van der Waals surface area contributed by atoms with Crippen molar-refractivity contribution in [3.63, 3.8) is 0 Å². The Labute approximate surface area is 114 Å². The number of phenols is 1. The molecule has 0 radical (unpaired) electrons. The first-order chi connectivity index (χ1) is 9.02. The standard InChI is InChI=1S/C13H16O5S/c1-2-3-13(19(16)17)18-12(15)9-6-10-4-7-11(14)8-5-10/h4-9,13-14H,2-3H2,1H3,(H,16,17)/b9-6+. The lowest BCUT2D eigenvalue weighted by Crippen LogP contribution is -2.21. The van der Waals surface area contributed by atoms with Crippen LogP contribution in [-0.4, -0.2) is 25.3 Å². The van der Waals surface area contributed by atoms with Crippen LogP contribution in [0, 0.1) is 0 Å². The molecule has 0 aliphatic heterocycles. The summed E-state index contributed by atoms with van der Waals surface area (Å²) in [6, 6.07) is 6.25. The molecule has 2 unspecified atom stereocenters. The smallest absolute Gasteiger partial charge is 0.332 e. The van der Waals surface area contributed by atoms with E-state index in [9.17, 15) is 9.00 Å². The van der Waals surface area contributed by atoms with Gasteiger partial charge in [0, 0.05) is 6.08 Å². The fraction of sp³-hybridized carbons (Fsp3) is 0.308. The lowest BCUT2D eigenvalue weighted by Gasteiger charge is -2.11. The van der Waals surface area contributed by atoms with E-state index in [1.807, 2.05) is 6.92 Å². The molecule has 104 valence electrons. The summed E-state index contributed by atoms with van der Waals surface area (Å²) in [5.41, 5.74) is -0.283. The van der Waals surface area contributed by atoms with Gasteiger partial charge in [-0.2, -0.15) is 0 Å². The highest BCUT2D eigenvalue weighted by atomic mass is 32.2. The monoisotopic (exact) mass is 284 g/mol. The molecule has 2 N–H and O–H groups in total. The normalized spacial score (nSPS) is 14.2. The molecule has 0 heterocycles. The molecule has 0 saturated heterocycles. The van der Waals surface area contributed by atoms with Crippen molar-refractivity contribution in [2.75, 3.05) is 0 Å². The van der Waals surface area contributed by atoms with E-state index in [-0.39, 0.29) is 5.75 Å². The van der Waals surface area contributed by atoms with Crippen molar-refractivity contribution in [1.29, 1.82) is 0 Å². The molecule has 0 spiro atoms. The SMILES string of the molecule is CCCC(OC(=O)/C=C/c1ccc(O)cc1)S(=O)O. The van der Waals surface area contributed by atoms with Crippen LogP contribution in [0.5, 0.6) is 5.75 Å². The molecule has 0 bridgehead atoms. The van der Waals surface area contributed by atoms with Crippen LogP contribution in [0.2, 0.25) is 0 Å². The molecule has 1 aromatic carbocycles. The lowest BCUT2D eigenvalue weighted by molar-refractivity contribution is -0.139. The molecule has 0 fully saturated rings. The van der Waals surface area contributed by atoms with E-state index in [1.54, 1.807) is 12.1 Å². The van der Waals surface area contributed by atoms with Crippen molar-refractivity contribution in [2.45, 2.75) is 25.2 Å². The van der Waals surface area contributed by atoms with Gasteiger partial charge in [-0.05, 0) is 30.2 Å². The average Bonchev–Trinajstić information content (AvgIpc) is 2.37. The predicted octanol–water partition coefficient (Wildman–Crippen LogP) is 2.30. The zero-order valence-electron chi connectivity index (χ0n) is 10.5. The number of hydrogen-bond acceptors (Lipinski definition) is 4. The molecule has 1 aromatic rings. The summed E-state index contributed by atoms with van der Waals surface area (Å²) in [5, 5.41) is 9.10. The Hall–Kier alpha value is -1.66. The van der Waals surface area contributed by atoms with E-state index in [0.29, 0.717) is 18.4 Å². The number of phenolic OH excluding ortho intramolecular Hbond substituents is 1. The molecule has 0 saturated carbocycles. The summed E-state index contributed by atoms with van der Waals surface area (Å²) in [6.45, 7) is 1.83. The van der Waals surface area contributed by atoms with Crippen LogP contribution in [0.1, 0.15) is 25.3 Å². The van der Waals surface area contributed by atoms with Crippen molar-refractivity contribution in [3.8, 4) is 5.75 Å². The Balaban J connectivity index is 2.58. The Kier molecular flexibility index (Phi) is 6.24. The number of benzene rings is 1. The number of carbonyl (C=O) groups is 1. The number of ether oxygens (including phenoxy) is 1. The van der Waals surface area contributed by atoms with Crippen molar-refractivity contribution in [1.82, 2.24) is 0 Å². The van der Waals surface area contributed by atoms with E-state index < -0.39 is 22.5 Å². The Morgan fingerprint density at radius 2 is 2.05 bits per heavy atom. The number of aromatic hydroxyl groups is 1. The highest BCUT2D eigenvalue weighted by Crippen LogP contribution is 2.11. The molecule has 1 rings (SSSR count). The maximum absolute atomic E-state index is 11.5. The van der Waals surface area contributed by atoms with Crippen LogP contribution in [0.4, 0.5) is 0 Å². The zero-order chi connectivity index (χ0) is 14.3.